The van der Waals surface area contributed by atoms with E-state index in [1.165, 1.54) is 12.1 Å². The summed E-state index contributed by atoms with van der Waals surface area (Å²) in [4.78, 5) is 43.0. The molecule has 3 N–H and O–H groups in total. The number of aliphatic hydroxyl groups is 1. The van der Waals surface area contributed by atoms with Crippen LogP contribution in [0.25, 0.3) is 0 Å². The number of hydrogen-bond acceptors (Lipinski definition) is 9. The van der Waals surface area contributed by atoms with Gasteiger partial charge >= 0.3 is 0 Å². The lowest BCUT2D eigenvalue weighted by Gasteiger charge is -2.46. The SMILES string of the molecule is Cc1cncc(CN2CC[C@@H](C(=O)N3CC[C@](O)(Cn4cnc(Oc5ccc(F)cc5)c(N)c4=O)C(F)(F)C3)[C@H](c3ccccc3)C2)n1. The normalized spacial score (nSPS) is 22.7. The molecule has 252 valence electrons. The number of piperidine rings is 2. The van der Waals surface area contributed by atoms with Crippen molar-refractivity contribution in [2.24, 2.45) is 5.92 Å². The van der Waals surface area contributed by atoms with Gasteiger partial charge in [-0.15, -0.1) is 0 Å². The second-order valence-electron chi connectivity index (χ2n) is 12.5. The Balaban J connectivity index is 1.15. The summed E-state index contributed by atoms with van der Waals surface area (Å²) < 4.78 is 51.1. The van der Waals surface area contributed by atoms with Gasteiger partial charge in [0.1, 0.15) is 23.5 Å². The zero-order valence-corrected chi connectivity index (χ0v) is 26.3. The quantitative estimate of drug-likeness (QED) is 0.289. The van der Waals surface area contributed by atoms with Crippen LogP contribution < -0.4 is 16.0 Å². The molecule has 6 rings (SSSR count). The zero-order valence-electron chi connectivity index (χ0n) is 26.3. The first-order chi connectivity index (χ1) is 22.9. The Bertz CT molecular complexity index is 1830. The fourth-order valence-corrected chi connectivity index (χ4v) is 6.48. The molecule has 0 aliphatic carbocycles. The Labute approximate surface area is 274 Å². The van der Waals surface area contributed by atoms with E-state index in [1.807, 2.05) is 37.3 Å². The lowest BCUT2D eigenvalue weighted by Crippen LogP contribution is -2.64. The Kier molecular flexibility index (Phi) is 9.21. The number of nitrogen functional groups attached to an aromatic ring is 1. The van der Waals surface area contributed by atoms with E-state index in [1.54, 1.807) is 12.4 Å². The highest BCUT2D eigenvalue weighted by atomic mass is 19.3. The average Bonchev–Trinajstić information content (AvgIpc) is 3.07. The summed E-state index contributed by atoms with van der Waals surface area (Å²) in [6.07, 6.45) is 4.34. The van der Waals surface area contributed by atoms with Crippen molar-refractivity contribution in [2.75, 3.05) is 31.9 Å². The number of alkyl halides is 2. The highest BCUT2D eigenvalue weighted by Gasteiger charge is 2.57. The van der Waals surface area contributed by atoms with Gasteiger partial charge < -0.3 is 20.5 Å². The monoisotopic (exact) mass is 663 g/mol. The molecule has 11 nitrogen and oxygen atoms in total. The number of carbonyl (C=O) groups excluding carboxylic acids is 1. The highest BCUT2D eigenvalue weighted by molar-refractivity contribution is 5.80. The molecule has 48 heavy (non-hydrogen) atoms. The van der Waals surface area contributed by atoms with Crippen LogP contribution in [0.15, 0.2) is 78.1 Å². The van der Waals surface area contributed by atoms with Crippen molar-refractivity contribution < 1.29 is 27.8 Å². The van der Waals surface area contributed by atoms with Crippen LogP contribution in [0.3, 0.4) is 0 Å². The maximum atomic E-state index is 15.8. The molecule has 3 atom stereocenters. The van der Waals surface area contributed by atoms with Gasteiger partial charge in [-0.1, -0.05) is 30.3 Å². The number of likely N-dealkylation sites (tertiary alicyclic amines) is 2. The first-order valence-electron chi connectivity index (χ1n) is 15.6. The van der Waals surface area contributed by atoms with Gasteiger partial charge in [0.2, 0.25) is 11.8 Å². The molecule has 14 heteroatoms. The van der Waals surface area contributed by atoms with E-state index in [9.17, 15) is 19.1 Å². The number of nitrogens with two attached hydrogens (primary N) is 1. The molecule has 1 amide bonds. The van der Waals surface area contributed by atoms with Crippen molar-refractivity contribution in [1.29, 1.82) is 0 Å². The molecule has 0 radical (unpaired) electrons. The number of aromatic nitrogens is 4. The summed E-state index contributed by atoms with van der Waals surface area (Å²) in [5, 5.41) is 11.2. The lowest BCUT2D eigenvalue weighted by atomic mass is 9.78. The molecule has 0 bridgehead atoms. The third-order valence-corrected chi connectivity index (χ3v) is 9.11. The number of anilines is 1. The van der Waals surface area contributed by atoms with Crippen LogP contribution in [0.2, 0.25) is 0 Å². The minimum Gasteiger partial charge on any atom is -0.437 e. The van der Waals surface area contributed by atoms with E-state index < -0.39 is 59.9 Å². The molecule has 0 spiro atoms. The van der Waals surface area contributed by atoms with Crippen molar-refractivity contribution >= 4 is 11.6 Å². The molecular weight excluding hydrogens is 627 g/mol. The smallest absolute Gasteiger partial charge is 0.295 e. The third-order valence-electron chi connectivity index (χ3n) is 9.11. The molecule has 4 heterocycles. The van der Waals surface area contributed by atoms with Crippen LogP contribution in [-0.4, -0.2) is 78.0 Å². The topological polar surface area (TPSA) is 140 Å². The summed E-state index contributed by atoms with van der Waals surface area (Å²) in [6, 6.07) is 14.5. The molecule has 0 unspecified atom stereocenters. The molecule has 2 aliphatic rings. The number of nitrogens with zero attached hydrogens (tertiary/aromatic N) is 6. The maximum absolute atomic E-state index is 15.8. The molecule has 0 saturated carbocycles. The van der Waals surface area contributed by atoms with Crippen LogP contribution in [0.5, 0.6) is 11.6 Å². The number of rotatable bonds is 8. The summed E-state index contributed by atoms with van der Waals surface area (Å²) >= 11 is 0. The predicted octanol–water partition coefficient (Wildman–Crippen LogP) is 3.76. The summed E-state index contributed by atoms with van der Waals surface area (Å²) in [5.74, 6) is -5.57. The summed E-state index contributed by atoms with van der Waals surface area (Å²) in [5.41, 5.74) is 4.46. The third kappa shape index (κ3) is 6.90. The average molecular weight is 664 g/mol. The summed E-state index contributed by atoms with van der Waals surface area (Å²) in [6.45, 7) is 1.58. The number of amides is 1. The minimum absolute atomic E-state index is 0.130. The maximum Gasteiger partial charge on any atom is 0.295 e. The number of carbonyl (C=O) groups is 1. The van der Waals surface area contributed by atoms with Gasteiger partial charge in [-0.25, -0.2) is 18.2 Å². The van der Waals surface area contributed by atoms with Gasteiger partial charge in [0.05, 0.1) is 24.5 Å². The second kappa shape index (κ2) is 13.4. The van der Waals surface area contributed by atoms with E-state index in [2.05, 4.69) is 19.9 Å². The van der Waals surface area contributed by atoms with Gasteiger partial charge in [-0.2, -0.15) is 0 Å². The first-order valence-corrected chi connectivity index (χ1v) is 15.6. The Hall–Kier alpha value is -4.82. The van der Waals surface area contributed by atoms with E-state index >= 15 is 8.78 Å². The summed E-state index contributed by atoms with van der Waals surface area (Å²) in [7, 11) is 0. The standard InChI is InChI=1S/C34H36F3N7O4/c1-22-15-39-16-25(41-22)17-42-13-11-27(28(18-42)23-5-3-2-4-6-23)31(45)43-14-12-33(47,34(36,37)20-43)19-44-21-40-30(29(38)32(44)46)48-26-9-7-24(35)8-10-26/h2-10,15-16,21,27-28,47H,11-14,17-20,38H2,1H3/t27-,28+,33+/m1/s1. The molecule has 2 aliphatic heterocycles. The van der Waals surface area contributed by atoms with Gasteiger partial charge in [0.25, 0.3) is 11.5 Å². The number of hydrogen-bond donors (Lipinski definition) is 2. The van der Waals surface area contributed by atoms with Crippen LogP contribution in [0, 0.1) is 18.7 Å². The first kappa shape index (κ1) is 33.1. The number of halogens is 3. The minimum atomic E-state index is -3.76. The van der Waals surface area contributed by atoms with Gasteiger partial charge in [0.15, 0.2) is 5.69 Å². The van der Waals surface area contributed by atoms with Crippen molar-refractivity contribution in [3.8, 4) is 11.6 Å². The number of aryl methyl sites for hydroxylation is 1. The Morgan fingerprint density at radius 3 is 2.56 bits per heavy atom. The lowest BCUT2D eigenvalue weighted by molar-refractivity contribution is -0.223. The number of ether oxygens (including phenoxy) is 1. The Morgan fingerprint density at radius 1 is 1.10 bits per heavy atom. The predicted molar refractivity (Wildman–Crippen MR) is 170 cm³/mol. The fourth-order valence-electron chi connectivity index (χ4n) is 6.48. The zero-order chi connectivity index (χ0) is 34.1. The van der Waals surface area contributed by atoms with Crippen LogP contribution in [0.1, 0.15) is 35.7 Å². The Morgan fingerprint density at radius 2 is 1.85 bits per heavy atom. The van der Waals surface area contributed by atoms with E-state index in [-0.39, 0.29) is 24.1 Å². The molecule has 2 fully saturated rings. The molecule has 2 aromatic heterocycles. The van der Waals surface area contributed by atoms with E-state index in [0.29, 0.717) is 26.1 Å². The van der Waals surface area contributed by atoms with Crippen molar-refractivity contribution in [1.82, 2.24) is 29.3 Å². The van der Waals surface area contributed by atoms with E-state index in [0.717, 1.165) is 44.9 Å². The molecular formula is C34H36F3N7O4. The van der Waals surface area contributed by atoms with Crippen molar-refractivity contribution in [3.05, 3.63) is 106 Å². The van der Waals surface area contributed by atoms with Crippen LogP contribution in [-0.2, 0) is 17.9 Å². The second-order valence-corrected chi connectivity index (χ2v) is 12.5. The fraction of sp³-hybridized carbons (Fsp3) is 0.382. The van der Waals surface area contributed by atoms with Crippen LogP contribution >= 0.6 is 0 Å². The van der Waals surface area contributed by atoms with E-state index in [4.69, 9.17) is 10.5 Å². The van der Waals surface area contributed by atoms with Crippen molar-refractivity contribution in [3.63, 3.8) is 0 Å². The van der Waals surface area contributed by atoms with Crippen LogP contribution in [0.4, 0.5) is 18.9 Å². The molecule has 2 aromatic carbocycles. The van der Waals surface area contributed by atoms with Crippen molar-refractivity contribution in [2.45, 2.75) is 50.3 Å². The van der Waals surface area contributed by atoms with Gasteiger partial charge in [-0.3, -0.25) is 29.0 Å². The van der Waals surface area contributed by atoms with Gasteiger partial charge in [0, 0.05) is 50.3 Å². The number of benzene rings is 2. The van der Waals surface area contributed by atoms with Gasteiger partial charge in [-0.05, 0) is 49.7 Å². The molecule has 2 saturated heterocycles. The highest BCUT2D eigenvalue weighted by Crippen LogP contribution is 2.41. The largest absolute Gasteiger partial charge is 0.437 e. The molecule has 4 aromatic rings.